The molecule has 3 heterocycles. The number of urea groups is 1. The lowest BCUT2D eigenvalue weighted by molar-refractivity contribution is 0.206. The predicted molar refractivity (Wildman–Crippen MR) is 112 cm³/mol. The monoisotopic (exact) mass is 457 g/mol. The fourth-order valence-corrected chi connectivity index (χ4v) is 3.97. The first-order chi connectivity index (χ1) is 15.4. The molecule has 0 bridgehead atoms. The van der Waals surface area contributed by atoms with Crippen LogP contribution in [0.1, 0.15) is 11.1 Å². The second-order valence-electron chi connectivity index (χ2n) is 7.35. The van der Waals surface area contributed by atoms with Gasteiger partial charge in [0, 0.05) is 30.9 Å². The lowest BCUT2D eigenvalue weighted by Gasteiger charge is -2.28. The molecule has 2 aromatic heterocycles. The summed E-state index contributed by atoms with van der Waals surface area (Å²) < 4.78 is 33.5. The van der Waals surface area contributed by atoms with Gasteiger partial charge in [-0.15, -0.1) is 0 Å². The number of carbonyl (C=O) groups is 1. The number of halogens is 3. The maximum absolute atomic E-state index is 14.8. The van der Waals surface area contributed by atoms with Crippen molar-refractivity contribution >= 4 is 34.4 Å². The number of pyridine rings is 1. The second-order valence-corrected chi connectivity index (χ2v) is 7.76. The highest BCUT2D eigenvalue weighted by molar-refractivity contribution is 6.33. The van der Waals surface area contributed by atoms with Gasteiger partial charge in [0.25, 0.3) is 0 Å². The van der Waals surface area contributed by atoms with Gasteiger partial charge in [-0.2, -0.15) is 0 Å². The molecule has 2 N–H and O–H groups in total. The topological polar surface area (TPSA) is 104 Å². The first-order valence-corrected chi connectivity index (χ1v) is 9.94. The van der Waals surface area contributed by atoms with E-state index in [1.54, 1.807) is 6.20 Å². The van der Waals surface area contributed by atoms with Gasteiger partial charge in [-0.25, -0.2) is 18.2 Å². The molecule has 32 heavy (non-hydrogen) atoms. The fraction of sp³-hybridized carbons (Fsp3) is 0.143. The minimum Gasteiger partial charge on any atom is -0.329 e. The van der Waals surface area contributed by atoms with Crippen LogP contribution < -0.4 is 10.9 Å². The van der Waals surface area contributed by atoms with Crippen LogP contribution in [0.2, 0.25) is 5.02 Å². The summed E-state index contributed by atoms with van der Waals surface area (Å²) in [5.41, 5.74) is 2.03. The van der Waals surface area contributed by atoms with Gasteiger partial charge in [0.1, 0.15) is 11.3 Å². The van der Waals surface area contributed by atoms with Crippen molar-refractivity contribution in [1.29, 1.82) is 0 Å². The molecule has 11 heteroatoms. The Balaban J connectivity index is 1.39. The molecule has 2 aromatic carbocycles. The van der Waals surface area contributed by atoms with Crippen LogP contribution in [0.25, 0.3) is 22.2 Å². The van der Waals surface area contributed by atoms with Gasteiger partial charge in [0.2, 0.25) is 5.56 Å². The Morgan fingerprint density at radius 1 is 1.12 bits per heavy atom. The zero-order valence-electron chi connectivity index (χ0n) is 16.3. The molecule has 1 aliphatic heterocycles. The number of aromatic nitrogens is 3. The van der Waals surface area contributed by atoms with Gasteiger partial charge in [-0.1, -0.05) is 11.6 Å². The van der Waals surface area contributed by atoms with Crippen molar-refractivity contribution in [1.82, 2.24) is 20.2 Å². The number of benzene rings is 2. The summed E-state index contributed by atoms with van der Waals surface area (Å²) in [6, 6.07) is 6.01. The summed E-state index contributed by atoms with van der Waals surface area (Å²) in [5, 5.41) is 9.70. The number of fused-ring (bicyclic) bond motifs is 2. The molecule has 4 aromatic rings. The molecule has 2 amide bonds. The van der Waals surface area contributed by atoms with E-state index in [2.05, 4.69) is 25.2 Å². The Hall–Kier alpha value is -3.79. The maximum Gasteiger partial charge on any atom is 0.322 e. The molecule has 5 rings (SSSR count). The van der Waals surface area contributed by atoms with Crippen LogP contribution in [-0.4, -0.2) is 32.8 Å². The molecule has 8 nitrogen and oxygen atoms in total. The van der Waals surface area contributed by atoms with Crippen LogP contribution in [0.3, 0.4) is 0 Å². The van der Waals surface area contributed by atoms with E-state index in [1.165, 1.54) is 23.1 Å². The number of H-pyrrole nitrogens is 1. The number of amides is 2. The van der Waals surface area contributed by atoms with Crippen LogP contribution in [0.15, 0.2) is 46.0 Å². The number of nitrogens with one attached hydrogen (secondary N) is 2. The molecule has 0 radical (unpaired) electrons. The number of anilines is 1. The summed E-state index contributed by atoms with van der Waals surface area (Å²) in [7, 11) is 0. The quantitative estimate of drug-likeness (QED) is 0.471. The van der Waals surface area contributed by atoms with E-state index in [-0.39, 0.29) is 45.0 Å². The minimum atomic E-state index is -0.738. The molecule has 0 fully saturated rings. The van der Waals surface area contributed by atoms with Crippen molar-refractivity contribution in [2.24, 2.45) is 0 Å². The van der Waals surface area contributed by atoms with Crippen molar-refractivity contribution in [3.05, 3.63) is 74.7 Å². The molecule has 0 saturated heterocycles. The summed E-state index contributed by atoms with van der Waals surface area (Å²) in [4.78, 5) is 28.2. The van der Waals surface area contributed by atoms with E-state index in [0.29, 0.717) is 13.0 Å². The highest BCUT2D eigenvalue weighted by atomic mass is 35.5. The summed E-state index contributed by atoms with van der Waals surface area (Å²) in [5.74, 6) is -1.42. The second kappa shape index (κ2) is 7.72. The van der Waals surface area contributed by atoms with Crippen LogP contribution in [-0.2, 0) is 13.0 Å². The zero-order chi connectivity index (χ0) is 22.4. The molecule has 0 saturated carbocycles. The predicted octanol–water partition coefficient (Wildman–Crippen LogP) is 4.10. The van der Waals surface area contributed by atoms with E-state index >= 15 is 0 Å². The van der Waals surface area contributed by atoms with Crippen molar-refractivity contribution in [2.45, 2.75) is 13.0 Å². The summed E-state index contributed by atoms with van der Waals surface area (Å²) >= 11 is 6.32. The van der Waals surface area contributed by atoms with E-state index in [1.807, 2.05) is 0 Å². The molecular formula is C21H14ClF2N5O3. The van der Waals surface area contributed by atoms with Gasteiger partial charge >= 0.3 is 6.03 Å². The van der Waals surface area contributed by atoms with Gasteiger partial charge < -0.3 is 15.2 Å². The molecule has 0 unspecified atom stereocenters. The first-order valence-electron chi connectivity index (χ1n) is 9.56. The molecule has 0 atom stereocenters. The van der Waals surface area contributed by atoms with Crippen LogP contribution >= 0.6 is 11.6 Å². The highest BCUT2D eigenvalue weighted by Crippen LogP contribution is 2.34. The molecule has 162 valence electrons. The van der Waals surface area contributed by atoms with Gasteiger partial charge in [0.15, 0.2) is 11.3 Å². The molecule has 0 aliphatic carbocycles. The third-order valence-electron chi connectivity index (χ3n) is 5.33. The fourth-order valence-electron chi connectivity index (χ4n) is 3.70. The average molecular weight is 458 g/mol. The Labute approximate surface area is 183 Å². The van der Waals surface area contributed by atoms with Crippen molar-refractivity contribution in [2.75, 3.05) is 11.9 Å². The molecule has 0 spiro atoms. The lowest BCUT2D eigenvalue weighted by atomic mass is 10.0. The van der Waals surface area contributed by atoms with Crippen LogP contribution in [0.5, 0.6) is 0 Å². The third-order valence-corrected chi connectivity index (χ3v) is 5.64. The Morgan fingerprint density at radius 3 is 2.81 bits per heavy atom. The Kier molecular flexibility index (Phi) is 4.86. The minimum absolute atomic E-state index is 0.0404. The first kappa shape index (κ1) is 20.1. The number of hydrogen-bond donors (Lipinski definition) is 2. The van der Waals surface area contributed by atoms with Crippen molar-refractivity contribution in [3.63, 3.8) is 0 Å². The third kappa shape index (κ3) is 3.58. The smallest absolute Gasteiger partial charge is 0.322 e. The maximum atomic E-state index is 14.8. The number of aromatic amines is 1. The normalized spacial score (nSPS) is 13.3. The highest BCUT2D eigenvalue weighted by Gasteiger charge is 2.23. The number of carbonyl (C=O) groups excluding carboxylic acids is 1. The summed E-state index contributed by atoms with van der Waals surface area (Å²) in [6.45, 7) is 0.650. The number of hydrogen-bond acceptors (Lipinski definition) is 5. The standard InChI is InChI=1S/C21H14ClF2N5O3/c22-14-7-17(26-21(31)29-2-1-10-5-19(30)25-8-12(10)9-29)15(23)6-13(14)11-3-16(24)20-18(4-11)27-32-28-20/h3-8H,1-2,9H2,(H,25,30)(H,26,31). The SMILES string of the molecule is O=C(Nc1cc(Cl)c(-c2cc(F)c3nonc3c2)cc1F)N1CCc2cc(=O)[nH]cc2C1. The van der Waals surface area contributed by atoms with Crippen molar-refractivity contribution < 1.29 is 18.2 Å². The lowest BCUT2D eigenvalue weighted by Crippen LogP contribution is -2.39. The van der Waals surface area contributed by atoms with E-state index in [0.717, 1.165) is 23.3 Å². The van der Waals surface area contributed by atoms with E-state index < -0.39 is 17.7 Å². The van der Waals surface area contributed by atoms with E-state index in [4.69, 9.17) is 11.6 Å². The Bertz CT molecular complexity index is 1430. The average Bonchev–Trinajstić information content (AvgIpc) is 3.25. The Morgan fingerprint density at radius 2 is 1.97 bits per heavy atom. The number of nitrogens with zero attached hydrogens (tertiary/aromatic N) is 3. The molecule has 1 aliphatic rings. The summed E-state index contributed by atoms with van der Waals surface area (Å²) in [6.07, 6.45) is 2.09. The number of rotatable bonds is 2. The van der Waals surface area contributed by atoms with Crippen molar-refractivity contribution in [3.8, 4) is 11.1 Å². The van der Waals surface area contributed by atoms with Crippen LogP contribution in [0.4, 0.5) is 19.3 Å². The van der Waals surface area contributed by atoms with Gasteiger partial charge in [-0.05, 0) is 57.7 Å². The molecular weight excluding hydrogens is 444 g/mol. The van der Waals surface area contributed by atoms with Gasteiger partial charge in [0.05, 0.1) is 10.7 Å². The largest absolute Gasteiger partial charge is 0.329 e. The van der Waals surface area contributed by atoms with Crippen LogP contribution in [0, 0.1) is 11.6 Å². The van der Waals surface area contributed by atoms with E-state index in [9.17, 15) is 18.4 Å². The van der Waals surface area contributed by atoms with Gasteiger partial charge in [-0.3, -0.25) is 4.79 Å². The zero-order valence-corrected chi connectivity index (χ0v) is 17.0.